The number of nitrogens with one attached hydrogen (secondary N) is 1. The highest BCUT2D eigenvalue weighted by Gasteiger charge is 2.40. The molecule has 7 heteroatoms. The smallest absolute Gasteiger partial charge is 0.408 e. The van der Waals surface area contributed by atoms with Gasteiger partial charge in [-0.25, -0.2) is 9.59 Å². The number of benzene rings is 2. The molecule has 174 valence electrons. The number of hydrogen-bond donors (Lipinski definition) is 2. The minimum absolute atomic E-state index is 0.0797. The summed E-state index contributed by atoms with van der Waals surface area (Å²) in [6, 6.07) is 15.3. The summed E-state index contributed by atoms with van der Waals surface area (Å²) in [5.41, 5.74) is 3.20. The molecule has 0 saturated carbocycles. The van der Waals surface area contributed by atoms with E-state index in [1.807, 2.05) is 36.4 Å². The van der Waals surface area contributed by atoms with Crippen molar-refractivity contribution in [1.82, 2.24) is 10.2 Å². The molecule has 0 radical (unpaired) electrons. The first kappa shape index (κ1) is 22.8. The van der Waals surface area contributed by atoms with Crippen molar-refractivity contribution in [2.24, 2.45) is 0 Å². The molecule has 2 amide bonds. The van der Waals surface area contributed by atoms with Crippen LogP contribution in [0, 0.1) is 0 Å². The third-order valence-electron chi connectivity index (χ3n) is 6.59. The van der Waals surface area contributed by atoms with Gasteiger partial charge in [0.2, 0.25) is 5.91 Å². The number of alkyl carbamates (subject to hydrolysis) is 1. The van der Waals surface area contributed by atoms with Crippen molar-refractivity contribution in [3.8, 4) is 11.1 Å². The second kappa shape index (κ2) is 9.25. The normalized spacial score (nSPS) is 18.1. The van der Waals surface area contributed by atoms with E-state index in [1.165, 1.54) is 4.90 Å². The first-order valence-electron chi connectivity index (χ1n) is 11.5. The number of hydrogen-bond acceptors (Lipinski definition) is 4. The molecule has 1 heterocycles. The van der Waals surface area contributed by atoms with E-state index in [0.29, 0.717) is 13.0 Å². The van der Waals surface area contributed by atoms with Crippen LogP contribution in [0.3, 0.4) is 0 Å². The number of carboxylic acids is 1. The van der Waals surface area contributed by atoms with Crippen LogP contribution in [0.4, 0.5) is 4.79 Å². The van der Waals surface area contributed by atoms with Gasteiger partial charge in [0.25, 0.3) is 0 Å². The molecular weight excluding hydrogens is 420 g/mol. The van der Waals surface area contributed by atoms with Crippen molar-refractivity contribution < 1.29 is 24.2 Å². The van der Waals surface area contributed by atoms with Gasteiger partial charge < -0.3 is 20.1 Å². The maximum atomic E-state index is 13.2. The Kier molecular flexibility index (Phi) is 6.40. The molecule has 1 saturated heterocycles. The Bertz CT molecular complexity index is 1020. The average molecular weight is 451 g/mol. The van der Waals surface area contributed by atoms with E-state index >= 15 is 0 Å². The summed E-state index contributed by atoms with van der Waals surface area (Å²) in [4.78, 5) is 39.0. The molecule has 0 aromatic heterocycles. The van der Waals surface area contributed by atoms with E-state index < -0.39 is 29.6 Å². The Morgan fingerprint density at radius 2 is 1.61 bits per heavy atom. The first-order valence-corrected chi connectivity index (χ1v) is 11.5. The van der Waals surface area contributed by atoms with Crippen molar-refractivity contribution in [2.75, 3.05) is 13.2 Å². The second-order valence-electron chi connectivity index (χ2n) is 9.28. The summed E-state index contributed by atoms with van der Waals surface area (Å²) in [6.07, 6.45) is 2.12. The summed E-state index contributed by atoms with van der Waals surface area (Å²) in [5.74, 6) is -1.50. The Morgan fingerprint density at radius 3 is 2.21 bits per heavy atom. The fourth-order valence-corrected chi connectivity index (χ4v) is 4.91. The fraction of sp³-hybridized carbons (Fsp3) is 0.423. The highest BCUT2D eigenvalue weighted by molar-refractivity contribution is 5.92. The van der Waals surface area contributed by atoms with Gasteiger partial charge in [-0.1, -0.05) is 61.4 Å². The molecule has 2 aromatic rings. The van der Waals surface area contributed by atoms with E-state index in [2.05, 4.69) is 17.4 Å². The number of rotatable bonds is 5. The zero-order chi connectivity index (χ0) is 23.6. The third kappa shape index (κ3) is 4.58. The Morgan fingerprint density at radius 1 is 1.00 bits per heavy atom. The van der Waals surface area contributed by atoms with Crippen LogP contribution in [0.2, 0.25) is 0 Å². The number of carbonyl (C=O) groups is 3. The predicted octanol–water partition coefficient (Wildman–Crippen LogP) is 4.16. The summed E-state index contributed by atoms with van der Waals surface area (Å²) in [6.45, 7) is 3.68. The molecule has 1 fully saturated rings. The van der Waals surface area contributed by atoms with E-state index in [1.54, 1.807) is 13.8 Å². The van der Waals surface area contributed by atoms with Crippen molar-refractivity contribution in [3.63, 3.8) is 0 Å². The van der Waals surface area contributed by atoms with Crippen LogP contribution in [0.25, 0.3) is 11.1 Å². The average Bonchev–Trinajstić information content (AvgIpc) is 2.93. The zero-order valence-corrected chi connectivity index (χ0v) is 19.0. The van der Waals surface area contributed by atoms with Crippen molar-refractivity contribution in [1.29, 1.82) is 0 Å². The summed E-state index contributed by atoms with van der Waals surface area (Å²) >= 11 is 0. The van der Waals surface area contributed by atoms with Crippen LogP contribution in [-0.2, 0) is 14.3 Å². The number of aliphatic carboxylic acids is 1. The van der Waals surface area contributed by atoms with E-state index in [0.717, 1.165) is 41.5 Å². The third-order valence-corrected chi connectivity index (χ3v) is 6.59. The molecule has 2 aromatic carbocycles. The molecule has 2 aliphatic rings. The summed E-state index contributed by atoms with van der Waals surface area (Å²) < 4.78 is 5.57. The van der Waals surface area contributed by atoms with Gasteiger partial charge in [0.15, 0.2) is 0 Å². The van der Waals surface area contributed by atoms with Crippen molar-refractivity contribution >= 4 is 18.0 Å². The largest absolute Gasteiger partial charge is 0.480 e. The lowest BCUT2D eigenvalue weighted by Crippen LogP contribution is -2.59. The molecule has 0 bridgehead atoms. The van der Waals surface area contributed by atoms with Crippen LogP contribution in [0.1, 0.15) is 56.6 Å². The Hall–Kier alpha value is -3.35. The van der Waals surface area contributed by atoms with E-state index in [4.69, 9.17) is 4.74 Å². The topological polar surface area (TPSA) is 95.9 Å². The molecule has 33 heavy (non-hydrogen) atoms. The van der Waals surface area contributed by atoms with Crippen LogP contribution in [0.5, 0.6) is 0 Å². The van der Waals surface area contributed by atoms with Gasteiger partial charge >= 0.3 is 12.1 Å². The van der Waals surface area contributed by atoms with Crippen molar-refractivity contribution in [2.45, 2.75) is 57.0 Å². The van der Waals surface area contributed by atoms with Crippen LogP contribution >= 0.6 is 0 Å². The quantitative estimate of drug-likeness (QED) is 0.713. The summed E-state index contributed by atoms with van der Waals surface area (Å²) in [7, 11) is 0. The monoisotopic (exact) mass is 450 g/mol. The SMILES string of the molecule is CC(C)(NC(=O)OCC1c2ccccc2-c2ccccc21)C(=O)N1CCCCCC1C(=O)O. The van der Waals surface area contributed by atoms with Gasteiger partial charge in [-0.2, -0.15) is 0 Å². The van der Waals surface area contributed by atoms with Crippen LogP contribution in [0.15, 0.2) is 48.5 Å². The molecule has 7 nitrogen and oxygen atoms in total. The number of ether oxygens (including phenoxy) is 1. The number of carbonyl (C=O) groups excluding carboxylic acids is 2. The number of likely N-dealkylation sites (tertiary alicyclic amines) is 1. The molecule has 0 spiro atoms. The second-order valence-corrected chi connectivity index (χ2v) is 9.28. The molecule has 4 rings (SSSR count). The lowest BCUT2D eigenvalue weighted by molar-refractivity contribution is -0.152. The van der Waals surface area contributed by atoms with Gasteiger partial charge in [-0.05, 0) is 48.9 Å². The molecule has 1 atom stereocenters. The first-order chi connectivity index (χ1) is 15.8. The lowest BCUT2D eigenvalue weighted by Gasteiger charge is -2.34. The highest BCUT2D eigenvalue weighted by Crippen LogP contribution is 2.44. The molecule has 2 N–H and O–H groups in total. The van der Waals surface area contributed by atoms with Crippen LogP contribution in [-0.4, -0.2) is 52.7 Å². The van der Waals surface area contributed by atoms with Crippen LogP contribution < -0.4 is 5.32 Å². The van der Waals surface area contributed by atoms with Gasteiger partial charge in [-0.3, -0.25) is 4.79 Å². The number of nitrogens with zero attached hydrogens (tertiary/aromatic N) is 1. The molecule has 1 aliphatic heterocycles. The number of carboxylic acid groups (broad SMARTS) is 1. The minimum Gasteiger partial charge on any atom is -0.480 e. The minimum atomic E-state index is -1.29. The predicted molar refractivity (Wildman–Crippen MR) is 124 cm³/mol. The Labute approximate surface area is 193 Å². The van der Waals surface area contributed by atoms with Gasteiger partial charge in [0.1, 0.15) is 18.2 Å². The maximum Gasteiger partial charge on any atom is 0.408 e. The van der Waals surface area contributed by atoms with Crippen molar-refractivity contribution in [3.05, 3.63) is 59.7 Å². The summed E-state index contributed by atoms with van der Waals surface area (Å²) in [5, 5.41) is 12.2. The van der Waals surface area contributed by atoms with Gasteiger partial charge in [0.05, 0.1) is 0 Å². The zero-order valence-electron chi connectivity index (χ0n) is 19.0. The van der Waals surface area contributed by atoms with E-state index in [-0.39, 0.29) is 12.5 Å². The van der Waals surface area contributed by atoms with Gasteiger partial charge in [0, 0.05) is 12.5 Å². The Balaban J connectivity index is 1.43. The molecule has 1 aliphatic carbocycles. The highest BCUT2D eigenvalue weighted by atomic mass is 16.5. The fourth-order valence-electron chi connectivity index (χ4n) is 4.91. The van der Waals surface area contributed by atoms with Gasteiger partial charge in [-0.15, -0.1) is 0 Å². The lowest BCUT2D eigenvalue weighted by atomic mass is 9.98. The molecule has 1 unspecified atom stereocenters. The number of fused-ring (bicyclic) bond motifs is 3. The maximum absolute atomic E-state index is 13.2. The standard InChI is InChI=1S/C26H30N2O5/c1-26(2,24(31)28-15-9-3-4-14-22(28)23(29)30)27-25(32)33-16-21-19-12-7-5-10-17(19)18-11-6-8-13-20(18)21/h5-8,10-13,21-22H,3-4,9,14-16H2,1-2H3,(H,27,32)(H,29,30). The van der Waals surface area contributed by atoms with E-state index in [9.17, 15) is 19.5 Å². The number of amides is 2. The molecular formula is C26H30N2O5.